The highest BCUT2D eigenvalue weighted by Gasteiger charge is 2.01. The number of aromatic nitrogens is 1. The van der Waals surface area contributed by atoms with Gasteiger partial charge in [0.1, 0.15) is 0 Å². The van der Waals surface area contributed by atoms with Gasteiger partial charge in [-0.05, 0) is 24.1 Å². The van der Waals surface area contributed by atoms with Gasteiger partial charge in [-0.2, -0.15) is 0 Å². The Morgan fingerprint density at radius 1 is 1.00 bits per heavy atom. The van der Waals surface area contributed by atoms with Gasteiger partial charge in [0.25, 0.3) is 0 Å². The number of thiazole rings is 1. The SMILES string of the molecule is c1ccc(COCCCNc2nc3ccccc3s2)cc1. The van der Waals surface area contributed by atoms with Crippen molar-refractivity contribution in [2.75, 3.05) is 18.5 Å². The van der Waals surface area contributed by atoms with Crippen molar-refractivity contribution in [2.24, 2.45) is 0 Å². The number of fused-ring (bicyclic) bond motifs is 1. The van der Waals surface area contributed by atoms with Gasteiger partial charge in [-0.25, -0.2) is 4.98 Å². The van der Waals surface area contributed by atoms with E-state index in [0.29, 0.717) is 6.61 Å². The molecule has 0 spiro atoms. The van der Waals surface area contributed by atoms with E-state index in [9.17, 15) is 0 Å². The van der Waals surface area contributed by atoms with E-state index in [1.165, 1.54) is 10.3 Å². The molecule has 1 aromatic heterocycles. The summed E-state index contributed by atoms with van der Waals surface area (Å²) in [5, 5.41) is 4.35. The molecule has 2 aromatic carbocycles. The monoisotopic (exact) mass is 298 g/mol. The lowest BCUT2D eigenvalue weighted by Crippen LogP contribution is -2.05. The Kier molecular flexibility index (Phi) is 4.82. The van der Waals surface area contributed by atoms with Gasteiger partial charge in [0.15, 0.2) is 5.13 Å². The van der Waals surface area contributed by atoms with Crippen molar-refractivity contribution in [3.05, 3.63) is 60.2 Å². The molecular weight excluding hydrogens is 280 g/mol. The lowest BCUT2D eigenvalue weighted by molar-refractivity contribution is 0.120. The zero-order valence-electron chi connectivity index (χ0n) is 11.8. The number of rotatable bonds is 7. The summed E-state index contributed by atoms with van der Waals surface area (Å²) >= 11 is 1.69. The first-order chi connectivity index (χ1) is 10.4. The van der Waals surface area contributed by atoms with E-state index >= 15 is 0 Å². The molecule has 0 aliphatic heterocycles. The summed E-state index contributed by atoms with van der Waals surface area (Å²) in [6.07, 6.45) is 0.975. The highest BCUT2D eigenvalue weighted by Crippen LogP contribution is 2.25. The number of hydrogen-bond donors (Lipinski definition) is 1. The van der Waals surface area contributed by atoms with Crippen LogP contribution in [0.4, 0.5) is 5.13 Å². The number of ether oxygens (including phenoxy) is 1. The summed E-state index contributed by atoms with van der Waals surface area (Å²) in [5.74, 6) is 0. The molecule has 0 fully saturated rings. The maximum atomic E-state index is 5.66. The molecule has 0 saturated carbocycles. The minimum Gasteiger partial charge on any atom is -0.377 e. The third-order valence-corrected chi connectivity index (χ3v) is 4.14. The van der Waals surface area contributed by atoms with E-state index < -0.39 is 0 Å². The van der Waals surface area contributed by atoms with Crippen molar-refractivity contribution in [1.82, 2.24) is 4.98 Å². The van der Waals surface area contributed by atoms with E-state index in [1.807, 2.05) is 36.4 Å². The smallest absolute Gasteiger partial charge is 0.183 e. The molecule has 1 heterocycles. The quantitative estimate of drug-likeness (QED) is 0.660. The Morgan fingerprint density at radius 3 is 2.67 bits per heavy atom. The van der Waals surface area contributed by atoms with Crippen LogP contribution in [0.2, 0.25) is 0 Å². The summed E-state index contributed by atoms with van der Waals surface area (Å²) in [5.41, 5.74) is 2.28. The van der Waals surface area contributed by atoms with Crippen molar-refractivity contribution in [3.63, 3.8) is 0 Å². The fourth-order valence-electron chi connectivity index (χ4n) is 2.08. The van der Waals surface area contributed by atoms with Crippen molar-refractivity contribution >= 4 is 26.7 Å². The second-order valence-corrected chi connectivity index (χ2v) is 5.84. The lowest BCUT2D eigenvalue weighted by Gasteiger charge is -2.05. The first-order valence-electron chi connectivity index (χ1n) is 7.13. The fourth-order valence-corrected chi connectivity index (χ4v) is 2.97. The van der Waals surface area contributed by atoms with Crippen LogP contribution < -0.4 is 5.32 Å². The van der Waals surface area contributed by atoms with Crippen LogP contribution in [0.3, 0.4) is 0 Å². The number of nitrogens with one attached hydrogen (secondary N) is 1. The van der Waals surface area contributed by atoms with Crippen LogP contribution in [0.15, 0.2) is 54.6 Å². The topological polar surface area (TPSA) is 34.1 Å². The molecule has 1 N–H and O–H groups in total. The first-order valence-corrected chi connectivity index (χ1v) is 7.94. The maximum Gasteiger partial charge on any atom is 0.183 e. The van der Waals surface area contributed by atoms with Crippen molar-refractivity contribution in [3.8, 4) is 0 Å². The molecule has 0 aliphatic rings. The average Bonchev–Trinajstić information content (AvgIpc) is 2.94. The van der Waals surface area contributed by atoms with Crippen LogP contribution in [0.5, 0.6) is 0 Å². The van der Waals surface area contributed by atoms with Crippen LogP contribution in [0.1, 0.15) is 12.0 Å². The van der Waals surface area contributed by atoms with Gasteiger partial charge < -0.3 is 10.1 Å². The fraction of sp³-hybridized carbons (Fsp3) is 0.235. The van der Waals surface area contributed by atoms with Crippen LogP contribution in [-0.2, 0) is 11.3 Å². The molecule has 108 valence electrons. The van der Waals surface area contributed by atoms with E-state index in [0.717, 1.165) is 30.2 Å². The molecule has 0 amide bonds. The lowest BCUT2D eigenvalue weighted by atomic mass is 10.2. The molecule has 21 heavy (non-hydrogen) atoms. The highest BCUT2D eigenvalue weighted by molar-refractivity contribution is 7.22. The number of hydrogen-bond acceptors (Lipinski definition) is 4. The number of para-hydroxylation sites is 1. The molecule has 0 saturated heterocycles. The molecule has 0 radical (unpaired) electrons. The summed E-state index contributed by atoms with van der Waals surface area (Å²) in [6, 6.07) is 18.5. The molecule has 4 heteroatoms. The predicted molar refractivity (Wildman–Crippen MR) is 88.8 cm³/mol. The third kappa shape index (κ3) is 4.03. The minimum atomic E-state index is 0.683. The largest absolute Gasteiger partial charge is 0.377 e. The molecule has 3 nitrogen and oxygen atoms in total. The second-order valence-electron chi connectivity index (χ2n) is 4.81. The van der Waals surface area contributed by atoms with Gasteiger partial charge in [-0.15, -0.1) is 0 Å². The predicted octanol–water partition coefficient (Wildman–Crippen LogP) is 4.32. The van der Waals surface area contributed by atoms with Gasteiger partial charge in [0.05, 0.1) is 16.8 Å². The number of nitrogens with zero attached hydrogens (tertiary/aromatic N) is 1. The summed E-state index contributed by atoms with van der Waals surface area (Å²) in [4.78, 5) is 4.54. The van der Waals surface area contributed by atoms with Crippen molar-refractivity contribution in [2.45, 2.75) is 13.0 Å². The average molecular weight is 298 g/mol. The van der Waals surface area contributed by atoms with E-state index in [4.69, 9.17) is 4.74 Å². The standard InChI is InChI=1S/C17H18N2OS/c1-2-7-14(8-3-1)13-20-12-6-11-18-17-19-15-9-4-5-10-16(15)21-17/h1-5,7-10H,6,11-13H2,(H,18,19). The van der Waals surface area contributed by atoms with Gasteiger partial charge in [0.2, 0.25) is 0 Å². The zero-order valence-corrected chi connectivity index (χ0v) is 12.6. The van der Waals surface area contributed by atoms with Crippen LogP contribution in [-0.4, -0.2) is 18.1 Å². The maximum absolute atomic E-state index is 5.66. The third-order valence-electron chi connectivity index (χ3n) is 3.15. The van der Waals surface area contributed by atoms with E-state index in [1.54, 1.807) is 11.3 Å². The van der Waals surface area contributed by atoms with Gasteiger partial charge in [-0.3, -0.25) is 0 Å². The summed E-state index contributed by atoms with van der Waals surface area (Å²) in [7, 11) is 0. The van der Waals surface area contributed by atoms with Crippen molar-refractivity contribution < 1.29 is 4.74 Å². The first kappa shape index (κ1) is 14.0. The number of benzene rings is 2. The second kappa shape index (κ2) is 7.20. The zero-order chi connectivity index (χ0) is 14.3. The highest BCUT2D eigenvalue weighted by atomic mass is 32.1. The van der Waals surface area contributed by atoms with Crippen molar-refractivity contribution in [1.29, 1.82) is 0 Å². The summed E-state index contributed by atoms with van der Waals surface area (Å²) in [6.45, 7) is 2.32. The molecule has 0 aliphatic carbocycles. The Hall–Kier alpha value is -1.91. The molecule has 3 rings (SSSR count). The van der Waals surface area contributed by atoms with Crippen LogP contribution >= 0.6 is 11.3 Å². The summed E-state index contributed by atoms with van der Waals surface area (Å²) < 4.78 is 6.88. The van der Waals surface area contributed by atoms with Gasteiger partial charge >= 0.3 is 0 Å². The van der Waals surface area contributed by atoms with Gasteiger partial charge in [-0.1, -0.05) is 53.8 Å². The van der Waals surface area contributed by atoms with E-state index in [-0.39, 0.29) is 0 Å². The van der Waals surface area contributed by atoms with Gasteiger partial charge in [0, 0.05) is 13.2 Å². The molecule has 0 unspecified atom stereocenters. The van der Waals surface area contributed by atoms with Crippen LogP contribution in [0.25, 0.3) is 10.2 Å². The molecule has 0 bridgehead atoms. The molecular formula is C17H18N2OS. The normalized spacial score (nSPS) is 10.9. The minimum absolute atomic E-state index is 0.683. The van der Waals surface area contributed by atoms with Crippen LogP contribution in [0, 0.1) is 0 Å². The Balaban J connectivity index is 1.36. The Bertz CT molecular complexity index is 648. The molecule has 0 atom stereocenters. The number of anilines is 1. The van der Waals surface area contributed by atoms with E-state index in [2.05, 4.69) is 28.5 Å². The Labute approximate surface area is 128 Å². The Morgan fingerprint density at radius 2 is 1.81 bits per heavy atom. The molecule has 3 aromatic rings.